The molecular weight excluding hydrogens is 238 g/mol. The minimum absolute atomic E-state index is 0.792. The van der Waals surface area contributed by atoms with Crippen LogP contribution in [0.1, 0.15) is 24.1 Å². The number of furan rings is 1. The Balaban J connectivity index is 1.85. The van der Waals surface area contributed by atoms with Crippen molar-refractivity contribution in [1.82, 2.24) is 15.2 Å². The van der Waals surface area contributed by atoms with Crippen molar-refractivity contribution in [2.75, 3.05) is 13.6 Å². The average Bonchev–Trinajstić information content (AvgIpc) is 2.85. The van der Waals surface area contributed by atoms with Gasteiger partial charge in [-0.1, -0.05) is 13.0 Å². The fourth-order valence-corrected chi connectivity index (χ4v) is 1.94. The molecule has 19 heavy (non-hydrogen) atoms. The Kier molecular flexibility index (Phi) is 5.12. The van der Waals surface area contributed by atoms with E-state index in [1.807, 2.05) is 36.5 Å². The minimum atomic E-state index is 0.792. The van der Waals surface area contributed by atoms with Crippen LogP contribution in [0.3, 0.4) is 0 Å². The quantitative estimate of drug-likeness (QED) is 0.829. The van der Waals surface area contributed by atoms with Gasteiger partial charge in [0.25, 0.3) is 0 Å². The highest BCUT2D eigenvalue weighted by Gasteiger charge is 2.06. The van der Waals surface area contributed by atoms with Crippen LogP contribution in [0.2, 0.25) is 0 Å². The zero-order chi connectivity index (χ0) is 13.5. The maximum Gasteiger partial charge on any atom is 0.118 e. The van der Waals surface area contributed by atoms with Gasteiger partial charge in [0.05, 0.1) is 18.8 Å². The molecule has 102 valence electrons. The lowest BCUT2D eigenvalue weighted by molar-refractivity contribution is 0.280. The molecule has 0 aliphatic heterocycles. The summed E-state index contributed by atoms with van der Waals surface area (Å²) in [6.45, 7) is 5.45. The van der Waals surface area contributed by atoms with Gasteiger partial charge in [-0.25, -0.2) is 0 Å². The number of rotatable bonds is 7. The van der Waals surface area contributed by atoms with Gasteiger partial charge in [-0.2, -0.15) is 0 Å². The SMILES string of the molecule is CCNCc1ccc(CN(C)Cc2ccccn2)o1. The summed E-state index contributed by atoms with van der Waals surface area (Å²) in [7, 11) is 2.07. The van der Waals surface area contributed by atoms with Gasteiger partial charge in [-0.3, -0.25) is 9.88 Å². The van der Waals surface area contributed by atoms with Crippen molar-refractivity contribution in [1.29, 1.82) is 0 Å². The summed E-state index contributed by atoms with van der Waals surface area (Å²) in [4.78, 5) is 6.52. The molecule has 2 heterocycles. The first-order chi connectivity index (χ1) is 9.28. The Bertz CT molecular complexity index is 481. The number of nitrogens with one attached hydrogen (secondary N) is 1. The van der Waals surface area contributed by atoms with Crippen LogP contribution in [-0.2, 0) is 19.6 Å². The van der Waals surface area contributed by atoms with Crippen LogP contribution < -0.4 is 5.32 Å². The molecule has 0 amide bonds. The van der Waals surface area contributed by atoms with Crippen molar-refractivity contribution in [2.24, 2.45) is 0 Å². The highest BCUT2D eigenvalue weighted by Crippen LogP contribution is 2.11. The summed E-state index contributed by atoms with van der Waals surface area (Å²) in [6, 6.07) is 10.1. The molecule has 0 bridgehead atoms. The molecule has 1 N–H and O–H groups in total. The van der Waals surface area contributed by atoms with Gasteiger partial charge in [0.15, 0.2) is 0 Å². The highest BCUT2D eigenvalue weighted by atomic mass is 16.3. The molecule has 0 radical (unpaired) electrons. The molecule has 0 fully saturated rings. The topological polar surface area (TPSA) is 41.3 Å². The lowest BCUT2D eigenvalue weighted by Gasteiger charge is -2.14. The third-order valence-corrected chi connectivity index (χ3v) is 2.85. The largest absolute Gasteiger partial charge is 0.463 e. The van der Waals surface area contributed by atoms with Gasteiger partial charge in [-0.15, -0.1) is 0 Å². The lowest BCUT2D eigenvalue weighted by Crippen LogP contribution is -2.17. The Morgan fingerprint density at radius 1 is 1.16 bits per heavy atom. The molecule has 2 aromatic heterocycles. The van der Waals surface area contributed by atoms with Gasteiger partial charge >= 0.3 is 0 Å². The molecule has 2 rings (SSSR count). The molecule has 0 saturated heterocycles. The van der Waals surface area contributed by atoms with Crippen LogP contribution >= 0.6 is 0 Å². The maximum absolute atomic E-state index is 5.77. The number of hydrogen-bond acceptors (Lipinski definition) is 4. The van der Waals surface area contributed by atoms with E-state index in [1.165, 1.54) is 0 Å². The Morgan fingerprint density at radius 3 is 2.74 bits per heavy atom. The van der Waals surface area contributed by atoms with Crippen LogP contribution in [-0.4, -0.2) is 23.5 Å². The predicted molar refractivity (Wildman–Crippen MR) is 75.5 cm³/mol. The highest BCUT2D eigenvalue weighted by molar-refractivity contribution is 5.08. The second kappa shape index (κ2) is 7.07. The van der Waals surface area contributed by atoms with Crippen LogP contribution in [0, 0.1) is 0 Å². The zero-order valence-corrected chi connectivity index (χ0v) is 11.6. The summed E-state index contributed by atoms with van der Waals surface area (Å²) in [5.74, 6) is 1.98. The van der Waals surface area contributed by atoms with Crippen molar-refractivity contribution in [3.05, 3.63) is 53.7 Å². The first-order valence-corrected chi connectivity index (χ1v) is 6.64. The summed E-state index contributed by atoms with van der Waals surface area (Å²) in [5, 5.41) is 3.25. The van der Waals surface area contributed by atoms with Crippen molar-refractivity contribution >= 4 is 0 Å². The van der Waals surface area contributed by atoms with Crippen LogP contribution in [0.15, 0.2) is 40.9 Å². The van der Waals surface area contributed by atoms with Gasteiger partial charge in [-0.05, 0) is 37.9 Å². The molecule has 2 aromatic rings. The van der Waals surface area contributed by atoms with Gasteiger partial charge < -0.3 is 9.73 Å². The molecule has 0 unspecified atom stereocenters. The van der Waals surface area contributed by atoms with E-state index in [-0.39, 0.29) is 0 Å². The normalized spacial score (nSPS) is 11.1. The van der Waals surface area contributed by atoms with E-state index in [9.17, 15) is 0 Å². The molecule has 4 heteroatoms. The fraction of sp³-hybridized carbons (Fsp3) is 0.400. The summed E-state index contributed by atoms with van der Waals surface area (Å²) in [5.41, 5.74) is 1.07. The second-order valence-corrected chi connectivity index (χ2v) is 4.64. The number of pyridine rings is 1. The predicted octanol–water partition coefficient (Wildman–Crippen LogP) is 2.42. The standard InChI is InChI=1S/C15H21N3O/c1-3-16-10-14-7-8-15(19-14)12-18(2)11-13-6-4-5-9-17-13/h4-9,16H,3,10-12H2,1-2H3. The van der Waals surface area contributed by atoms with E-state index in [0.29, 0.717) is 0 Å². The van der Waals surface area contributed by atoms with Gasteiger partial charge in [0, 0.05) is 12.7 Å². The number of nitrogens with zero attached hydrogens (tertiary/aromatic N) is 2. The Labute approximate surface area is 114 Å². The second-order valence-electron chi connectivity index (χ2n) is 4.64. The van der Waals surface area contributed by atoms with E-state index in [1.54, 1.807) is 0 Å². The Morgan fingerprint density at radius 2 is 2.00 bits per heavy atom. The summed E-state index contributed by atoms with van der Waals surface area (Å²) >= 11 is 0. The average molecular weight is 259 g/mol. The first kappa shape index (κ1) is 13.8. The monoisotopic (exact) mass is 259 g/mol. The number of aromatic nitrogens is 1. The van der Waals surface area contributed by atoms with Crippen molar-refractivity contribution < 1.29 is 4.42 Å². The molecular formula is C15H21N3O. The Hall–Kier alpha value is -1.65. The third kappa shape index (κ3) is 4.50. The third-order valence-electron chi connectivity index (χ3n) is 2.85. The van der Waals surface area contributed by atoms with E-state index >= 15 is 0 Å². The van der Waals surface area contributed by atoms with Crippen LogP contribution in [0.4, 0.5) is 0 Å². The number of hydrogen-bond donors (Lipinski definition) is 1. The van der Waals surface area contributed by atoms with E-state index in [4.69, 9.17) is 4.42 Å². The first-order valence-electron chi connectivity index (χ1n) is 6.64. The molecule has 0 aromatic carbocycles. The van der Waals surface area contributed by atoms with Crippen molar-refractivity contribution in [3.63, 3.8) is 0 Å². The molecule has 0 atom stereocenters. The summed E-state index contributed by atoms with van der Waals surface area (Å²) < 4.78 is 5.77. The molecule has 0 spiro atoms. The lowest BCUT2D eigenvalue weighted by atomic mass is 10.3. The zero-order valence-electron chi connectivity index (χ0n) is 11.6. The maximum atomic E-state index is 5.77. The van der Waals surface area contributed by atoms with E-state index < -0.39 is 0 Å². The molecule has 4 nitrogen and oxygen atoms in total. The van der Waals surface area contributed by atoms with E-state index in [2.05, 4.69) is 29.2 Å². The van der Waals surface area contributed by atoms with Crippen LogP contribution in [0.5, 0.6) is 0 Å². The van der Waals surface area contributed by atoms with Crippen molar-refractivity contribution in [2.45, 2.75) is 26.6 Å². The molecule has 0 saturated carbocycles. The minimum Gasteiger partial charge on any atom is -0.463 e. The van der Waals surface area contributed by atoms with Crippen molar-refractivity contribution in [3.8, 4) is 0 Å². The molecule has 0 aliphatic carbocycles. The van der Waals surface area contributed by atoms with Gasteiger partial charge in [0.1, 0.15) is 11.5 Å². The molecule has 0 aliphatic rings. The fourth-order valence-electron chi connectivity index (χ4n) is 1.94. The van der Waals surface area contributed by atoms with E-state index in [0.717, 1.165) is 43.4 Å². The smallest absolute Gasteiger partial charge is 0.118 e. The van der Waals surface area contributed by atoms with Crippen LogP contribution in [0.25, 0.3) is 0 Å². The summed E-state index contributed by atoms with van der Waals surface area (Å²) in [6.07, 6.45) is 1.82. The van der Waals surface area contributed by atoms with Gasteiger partial charge in [0.2, 0.25) is 0 Å².